The third-order valence-electron chi connectivity index (χ3n) is 3.26. The van der Waals surface area contributed by atoms with Gasteiger partial charge in [0.2, 0.25) is 0 Å². The van der Waals surface area contributed by atoms with Gasteiger partial charge in [-0.15, -0.1) is 0 Å². The van der Waals surface area contributed by atoms with Gasteiger partial charge in [-0.25, -0.2) is 0 Å². The van der Waals surface area contributed by atoms with Crippen LogP contribution in [0, 0.1) is 5.41 Å². The highest BCUT2D eigenvalue weighted by atomic mass is 15.2. The van der Waals surface area contributed by atoms with Gasteiger partial charge in [0.1, 0.15) is 0 Å². The molecular weight excluding hydrogens is 172 g/mol. The number of hydrogen-bond donors (Lipinski definition) is 1. The van der Waals surface area contributed by atoms with Crippen LogP contribution in [0.25, 0.3) is 0 Å². The molecule has 1 aliphatic heterocycles. The van der Waals surface area contributed by atoms with E-state index in [9.17, 15) is 0 Å². The largest absolute Gasteiger partial charge is 0.314 e. The summed E-state index contributed by atoms with van der Waals surface area (Å²) in [5, 5.41) is 3.44. The van der Waals surface area contributed by atoms with Crippen molar-refractivity contribution in [3.63, 3.8) is 0 Å². The molecule has 14 heavy (non-hydrogen) atoms. The molecule has 0 unspecified atom stereocenters. The molecule has 1 rings (SSSR count). The van der Waals surface area contributed by atoms with Gasteiger partial charge < -0.3 is 10.2 Å². The van der Waals surface area contributed by atoms with E-state index in [1.165, 1.54) is 32.5 Å². The van der Waals surface area contributed by atoms with Crippen molar-refractivity contribution in [2.75, 3.05) is 26.7 Å². The van der Waals surface area contributed by atoms with Gasteiger partial charge in [0.05, 0.1) is 0 Å². The second-order valence-electron chi connectivity index (χ2n) is 6.15. The molecule has 0 bridgehead atoms. The summed E-state index contributed by atoms with van der Waals surface area (Å²) in [4.78, 5) is 2.60. The number of nitrogens with zero attached hydrogens (tertiary/aromatic N) is 1. The van der Waals surface area contributed by atoms with E-state index in [1.54, 1.807) is 0 Å². The lowest BCUT2D eigenvalue weighted by atomic mass is 9.88. The summed E-state index contributed by atoms with van der Waals surface area (Å²) in [5.74, 6) is 0. The third kappa shape index (κ3) is 3.58. The summed E-state index contributed by atoms with van der Waals surface area (Å²) in [6.07, 6.45) is 2.55. The lowest BCUT2D eigenvalue weighted by Crippen LogP contribution is -2.51. The summed E-state index contributed by atoms with van der Waals surface area (Å²) in [6, 6.07) is 0. The van der Waals surface area contributed by atoms with E-state index in [0.29, 0.717) is 11.0 Å². The number of nitrogens with one attached hydrogen (secondary N) is 1. The fourth-order valence-corrected chi connectivity index (χ4v) is 2.13. The highest BCUT2D eigenvalue weighted by Gasteiger charge is 2.29. The molecule has 1 N–H and O–H groups in total. The first kappa shape index (κ1) is 12.0. The average molecular weight is 198 g/mol. The molecule has 2 nitrogen and oxygen atoms in total. The van der Waals surface area contributed by atoms with Gasteiger partial charge >= 0.3 is 0 Å². The topological polar surface area (TPSA) is 15.3 Å². The zero-order valence-electron chi connectivity index (χ0n) is 10.5. The van der Waals surface area contributed by atoms with Crippen LogP contribution in [0.15, 0.2) is 0 Å². The van der Waals surface area contributed by atoms with Gasteiger partial charge in [-0.3, -0.25) is 0 Å². The molecule has 0 amide bonds. The Morgan fingerprint density at radius 2 is 1.71 bits per heavy atom. The average Bonchev–Trinajstić information content (AvgIpc) is 2.07. The van der Waals surface area contributed by atoms with Crippen LogP contribution in [0.1, 0.15) is 40.5 Å². The summed E-state index contributed by atoms with van der Waals surface area (Å²) in [7, 11) is 2.08. The minimum absolute atomic E-state index is 0.383. The van der Waals surface area contributed by atoms with E-state index < -0.39 is 0 Å². The van der Waals surface area contributed by atoms with Crippen LogP contribution in [0.5, 0.6) is 0 Å². The van der Waals surface area contributed by atoms with Crippen LogP contribution in [-0.4, -0.2) is 37.1 Å². The molecule has 84 valence electrons. The predicted octanol–water partition coefficient (Wildman–Crippen LogP) is 2.11. The SMILES string of the molecule is CNC1(C)CCN(CC(C)(C)C)CC1. The molecule has 0 aromatic rings. The standard InChI is InChI=1S/C12H26N2/c1-11(2,3)10-14-8-6-12(4,13-5)7-9-14/h13H,6-10H2,1-5H3. The smallest absolute Gasteiger partial charge is 0.0174 e. The van der Waals surface area contributed by atoms with Gasteiger partial charge in [0.15, 0.2) is 0 Å². The van der Waals surface area contributed by atoms with Gasteiger partial charge in [0.25, 0.3) is 0 Å². The van der Waals surface area contributed by atoms with Crippen LogP contribution < -0.4 is 5.32 Å². The second kappa shape index (κ2) is 4.19. The quantitative estimate of drug-likeness (QED) is 0.731. The summed E-state index contributed by atoms with van der Waals surface area (Å²) < 4.78 is 0. The Morgan fingerprint density at radius 3 is 2.07 bits per heavy atom. The minimum atomic E-state index is 0.383. The molecule has 0 aromatic heterocycles. The maximum absolute atomic E-state index is 3.44. The summed E-state index contributed by atoms with van der Waals surface area (Å²) in [6.45, 7) is 13.0. The molecule has 1 fully saturated rings. The highest BCUT2D eigenvalue weighted by Crippen LogP contribution is 2.24. The Morgan fingerprint density at radius 1 is 1.21 bits per heavy atom. The van der Waals surface area contributed by atoms with Crippen molar-refractivity contribution in [3.8, 4) is 0 Å². The predicted molar refractivity (Wildman–Crippen MR) is 62.6 cm³/mol. The van der Waals surface area contributed by atoms with Crippen molar-refractivity contribution < 1.29 is 0 Å². The van der Waals surface area contributed by atoms with Crippen LogP contribution in [0.4, 0.5) is 0 Å². The molecule has 0 spiro atoms. The Bertz CT molecular complexity index is 173. The number of piperidine rings is 1. The van der Waals surface area contributed by atoms with Crippen LogP contribution >= 0.6 is 0 Å². The van der Waals surface area contributed by atoms with E-state index in [-0.39, 0.29) is 0 Å². The molecule has 1 heterocycles. The summed E-state index contributed by atoms with van der Waals surface area (Å²) in [5.41, 5.74) is 0.821. The fraction of sp³-hybridized carbons (Fsp3) is 1.00. The van der Waals surface area contributed by atoms with Gasteiger partial charge in [-0.05, 0) is 45.3 Å². The molecule has 0 aromatic carbocycles. The molecule has 0 aliphatic carbocycles. The number of hydrogen-bond acceptors (Lipinski definition) is 2. The van der Waals surface area contributed by atoms with Crippen molar-refractivity contribution in [1.82, 2.24) is 10.2 Å². The van der Waals surface area contributed by atoms with E-state index in [2.05, 4.69) is 45.0 Å². The zero-order chi connectivity index (χ0) is 10.8. The van der Waals surface area contributed by atoms with Crippen LogP contribution in [0.3, 0.4) is 0 Å². The van der Waals surface area contributed by atoms with Crippen molar-refractivity contribution in [2.24, 2.45) is 5.41 Å². The van der Waals surface area contributed by atoms with Crippen molar-refractivity contribution in [1.29, 1.82) is 0 Å². The van der Waals surface area contributed by atoms with E-state index in [4.69, 9.17) is 0 Å². The Labute approximate surface area is 89.1 Å². The summed E-state index contributed by atoms with van der Waals surface area (Å²) >= 11 is 0. The van der Waals surface area contributed by atoms with E-state index in [0.717, 1.165) is 0 Å². The van der Waals surface area contributed by atoms with Gasteiger partial charge in [-0.2, -0.15) is 0 Å². The molecule has 1 aliphatic rings. The van der Waals surface area contributed by atoms with Crippen molar-refractivity contribution in [3.05, 3.63) is 0 Å². The second-order valence-corrected chi connectivity index (χ2v) is 6.15. The first-order chi connectivity index (χ1) is 6.35. The lowest BCUT2D eigenvalue weighted by molar-refractivity contribution is 0.116. The number of rotatable bonds is 2. The third-order valence-corrected chi connectivity index (χ3v) is 3.26. The van der Waals surface area contributed by atoms with Gasteiger partial charge in [0, 0.05) is 12.1 Å². The maximum Gasteiger partial charge on any atom is 0.0174 e. The number of likely N-dealkylation sites (tertiary alicyclic amines) is 1. The Balaban J connectivity index is 2.36. The monoisotopic (exact) mass is 198 g/mol. The molecule has 1 saturated heterocycles. The molecule has 0 atom stereocenters. The first-order valence-corrected chi connectivity index (χ1v) is 5.76. The Kier molecular flexibility index (Phi) is 3.59. The van der Waals surface area contributed by atoms with E-state index in [1.807, 2.05) is 0 Å². The fourth-order valence-electron chi connectivity index (χ4n) is 2.13. The minimum Gasteiger partial charge on any atom is -0.314 e. The normalized spacial score (nSPS) is 23.8. The van der Waals surface area contributed by atoms with Crippen LogP contribution in [-0.2, 0) is 0 Å². The highest BCUT2D eigenvalue weighted by molar-refractivity contribution is 4.88. The maximum atomic E-state index is 3.44. The zero-order valence-corrected chi connectivity index (χ0v) is 10.5. The lowest BCUT2D eigenvalue weighted by Gasteiger charge is -2.41. The van der Waals surface area contributed by atoms with Crippen LogP contribution in [0.2, 0.25) is 0 Å². The van der Waals surface area contributed by atoms with Crippen molar-refractivity contribution >= 4 is 0 Å². The van der Waals surface area contributed by atoms with Crippen molar-refractivity contribution in [2.45, 2.75) is 46.1 Å². The Hall–Kier alpha value is -0.0800. The molecule has 2 heteroatoms. The van der Waals surface area contributed by atoms with Gasteiger partial charge in [-0.1, -0.05) is 20.8 Å². The molecular formula is C12H26N2. The first-order valence-electron chi connectivity index (χ1n) is 5.76. The molecule has 0 saturated carbocycles. The van der Waals surface area contributed by atoms with E-state index >= 15 is 0 Å². The molecule has 0 radical (unpaired) electrons.